The molecular weight excluding hydrogens is 231 g/mol. The maximum absolute atomic E-state index is 13.3. The molecule has 2 rings (SSSR count). The van der Waals surface area contributed by atoms with Crippen LogP contribution < -0.4 is 0 Å². The summed E-state index contributed by atoms with van der Waals surface area (Å²) in [7, 11) is 0. The highest BCUT2D eigenvalue weighted by atomic mass is 35.5. The molecule has 1 nitrogen and oxygen atoms in total. The topological polar surface area (TPSA) is 12.9 Å². The molecule has 0 unspecified atom stereocenters. The van der Waals surface area contributed by atoms with E-state index in [2.05, 4.69) is 4.98 Å². The van der Waals surface area contributed by atoms with Gasteiger partial charge in [-0.05, 0) is 12.1 Å². The van der Waals surface area contributed by atoms with E-state index in [9.17, 15) is 8.78 Å². The highest BCUT2D eigenvalue weighted by Gasteiger charge is 2.17. The molecule has 0 aliphatic rings. The molecule has 0 bridgehead atoms. The number of aromatic nitrogens is 1. The smallest absolute Gasteiger partial charge is 0.171 e. The molecule has 0 saturated carbocycles. The lowest BCUT2D eigenvalue weighted by Crippen LogP contribution is -1.91. The Morgan fingerprint density at radius 3 is 2.50 bits per heavy atom. The molecular formula is C9H3Cl2F2N. The third-order valence-electron chi connectivity index (χ3n) is 1.83. The third-order valence-corrected chi connectivity index (χ3v) is 2.53. The molecule has 0 spiro atoms. The highest BCUT2D eigenvalue weighted by molar-refractivity contribution is 6.38. The largest absolute Gasteiger partial charge is 0.253 e. The fourth-order valence-corrected chi connectivity index (χ4v) is 1.65. The normalized spacial score (nSPS) is 10.9. The minimum absolute atomic E-state index is 0.0242. The second kappa shape index (κ2) is 3.33. The van der Waals surface area contributed by atoms with Crippen LogP contribution in [0.1, 0.15) is 0 Å². The third kappa shape index (κ3) is 1.24. The maximum Gasteiger partial charge on any atom is 0.171 e. The SMILES string of the molecule is Fc1c(Cl)c(F)c2ncccc2c1Cl. The Hall–Kier alpha value is -0.930. The molecule has 14 heavy (non-hydrogen) atoms. The lowest BCUT2D eigenvalue weighted by Gasteiger charge is -2.04. The van der Waals surface area contributed by atoms with Crippen molar-refractivity contribution in [3.05, 3.63) is 40.0 Å². The lowest BCUT2D eigenvalue weighted by atomic mass is 10.2. The summed E-state index contributed by atoms with van der Waals surface area (Å²) in [5.74, 6) is -1.84. The van der Waals surface area contributed by atoms with Gasteiger partial charge in [0.15, 0.2) is 11.6 Å². The van der Waals surface area contributed by atoms with Crippen molar-refractivity contribution in [2.75, 3.05) is 0 Å². The first-order valence-electron chi connectivity index (χ1n) is 3.69. The van der Waals surface area contributed by atoms with Crippen LogP contribution in [0.2, 0.25) is 10.0 Å². The van der Waals surface area contributed by atoms with Gasteiger partial charge in [-0.1, -0.05) is 23.2 Å². The van der Waals surface area contributed by atoms with E-state index in [4.69, 9.17) is 23.2 Å². The maximum atomic E-state index is 13.3. The van der Waals surface area contributed by atoms with Crippen molar-refractivity contribution in [1.29, 1.82) is 0 Å². The lowest BCUT2D eigenvalue weighted by molar-refractivity contribution is 0.591. The molecule has 0 radical (unpaired) electrons. The number of pyridine rings is 1. The van der Waals surface area contributed by atoms with E-state index < -0.39 is 16.7 Å². The van der Waals surface area contributed by atoms with Crippen LogP contribution in [-0.4, -0.2) is 4.98 Å². The van der Waals surface area contributed by atoms with E-state index in [1.807, 2.05) is 0 Å². The van der Waals surface area contributed by atoms with E-state index in [0.29, 0.717) is 0 Å². The van der Waals surface area contributed by atoms with Crippen molar-refractivity contribution in [2.45, 2.75) is 0 Å². The van der Waals surface area contributed by atoms with Crippen molar-refractivity contribution in [2.24, 2.45) is 0 Å². The minimum Gasteiger partial charge on any atom is -0.253 e. The van der Waals surface area contributed by atoms with Crippen molar-refractivity contribution in [1.82, 2.24) is 4.98 Å². The summed E-state index contributed by atoms with van der Waals surface area (Å²) in [6, 6.07) is 3.02. The first-order chi connectivity index (χ1) is 6.63. The van der Waals surface area contributed by atoms with Gasteiger partial charge in [-0.15, -0.1) is 0 Å². The Morgan fingerprint density at radius 1 is 1.07 bits per heavy atom. The molecule has 0 saturated heterocycles. The Balaban J connectivity index is 3.02. The minimum atomic E-state index is -0.952. The van der Waals surface area contributed by atoms with Crippen LogP contribution in [0.5, 0.6) is 0 Å². The fourth-order valence-electron chi connectivity index (χ4n) is 1.17. The monoisotopic (exact) mass is 233 g/mol. The number of halogens is 4. The summed E-state index contributed by atoms with van der Waals surface area (Å²) in [5.41, 5.74) is -0.0242. The van der Waals surface area contributed by atoms with Crippen LogP contribution in [0.15, 0.2) is 18.3 Å². The molecule has 0 amide bonds. The number of hydrogen-bond acceptors (Lipinski definition) is 1. The summed E-state index contributed by atoms with van der Waals surface area (Å²) in [4.78, 5) is 3.73. The van der Waals surface area contributed by atoms with E-state index >= 15 is 0 Å². The van der Waals surface area contributed by atoms with Gasteiger partial charge in [-0.25, -0.2) is 8.78 Å². The van der Waals surface area contributed by atoms with Gasteiger partial charge in [-0.3, -0.25) is 4.98 Å². The molecule has 72 valence electrons. The van der Waals surface area contributed by atoms with Gasteiger partial charge in [0.2, 0.25) is 0 Å². The van der Waals surface area contributed by atoms with Crippen LogP contribution in [0.25, 0.3) is 10.9 Å². The van der Waals surface area contributed by atoms with Crippen molar-refractivity contribution < 1.29 is 8.78 Å². The van der Waals surface area contributed by atoms with Crippen LogP contribution in [-0.2, 0) is 0 Å². The molecule has 0 fully saturated rings. The zero-order valence-corrected chi connectivity index (χ0v) is 8.20. The average molecular weight is 234 g/mol. The summed E-state index contributed by atoms with van der Waals surface area (Å²) < 4.78 is 26.5. The number of benzene rings is 1. The summed E-state index contributed by atoms with van der Waals surface area (Å²) in [5, 5.41) is -0.616. The Morgan fingerprint density at radius 2 is 1.79 bits per heavy atom. The molecule has 0 N–H and O–H groups in total. The zero-order valence-electron chi connectivity index (χ0n) is 6.69. The van der Waals surface area contributed by atoms with Crippen LogP contribution in [0.3, 0.4) is 0 Å². The van der Waals surface area contributed by atoms with Gasteiger partial charge >= 0.3 is 0 Å². The molecule has 0 aliphatic carbocycles. The standard InChI is InChI=1S/C9H3Cl2F2N/c10-5-4-2-1-3-14-9(4)8(13)6(11)7(5)12/h1-3H. The van der Waals surface area contributed by atoms with Gasteiger partial charge in [0.25, 0.3) is 0 Å². The molecule has 0 aliphatic heterocycles. The van der Waals surface area contributed by atoms with Crippen LogP contribution in [0.4, 0.5) is 8.78 Å². The van der Waals surface area contributed by atoms with E-state index in [1.54, 1.807) is 6.07 Å². The van der Waals surface area contributed by atoms with Crippen LogP contribution in [0, 0.1) is 11.6 Å². The number of hydrogen-bond donors (Lipinski definition) is 0. The predicted molar refractivity (Wildman–Crippen MR) is 51.7 cm³/mol. The van der Waals surface area contributed by atoms with Gasteiger partial charge < -0.3 is 0 Å². The summed E-state index contributed by atoms with van der Waals surface area (Å²) in [6.07, 6.45) is 1.38. The van der Waals surface area contributed by atoms with Crippen molar-refractivity contribution in [3.8, 4) is 0 Å². The van der Waals surface area contributed by atoms with Crippen molar-refractivity contribution >= 4 is 34.1 Å². The second-order valence-electron chi connectivity index (χ2n) is 2.66. The van der Waals surface area contributed by atoms with Crippen LogP contribution >= 0.6 is 23.2 Å². The van der Waals surface area contributed by atoms with E-state index in [-0.39, 0.29) is 15.9 Å². The summed E-state index contributed by atoms with van der Waals surface area (Å²) >= 11 is 11.0. The highest BCUT2D eigenvalue weighted by Crippen LogP contribution is 2.33. The Labute approximate surface area is 88.3 Å². The average Bonchev–Trinajstić information content (AvgIpc) is 2.23. The number of fused-ring (bicyclic) bond motifs is 1. The molecule has 2 aromatic rings. The molecule has 1 heterocycles. The van der Waals surface area contributed by atoms with Gasteiger partial charge in [-0.2, -0.15) is 0 Å². The zero-order chi connectivity index (χ0) is 10.3. The second-order valence-corrected chi connectivity index (χ2v) is 3.41. The first kappa shape index (κ1) is 9.62. The fraction of sp³-hybridized carbons (Fsp3) is 0. The predicted octanol–water partition coefficient (Wildman–Crippen LogP) is 3.82. The molecule has 5 heteroatoms. The first-order valence-corrected chi connectivity index (χ1v) is 4.45. The number of rotatable bonds is 0. The molecule has 1 aromatic carbocycles. The molecule has 0 atom stereocenters. The quantitative estimate of drug-likeness (QED) is 0.498. The Kier molecular flexibility index (Phi) is 2.29. The van der Waals surface area contributed by atoms with Gasteiger partial charge in [0, 0.05) is 11.6 Å². The van der Waals surface area contributed by atoms with E-state index in [0.717, 1.165) is 0 Å². The summed E-state index contributed by atoms with van der Waals surface area (Å²) in [6.45, 7) is 0. The molecule has 1 aromatic heterocycles. The van der Waals surface area contributed by atoms with E-state index in [1.165, 1.54) is 12.3 Å². The Bertz CT molecular complexity index is 467. The van der Waals surface area contributed by atoms with Gasteiger partial charge in [0.1, 0.15) is 10.5 Å². The number of nitrogens with zero attached hydrogens (tertiary/aromatic N) is 1. The van der Waals surface area contributed by atoms with Crippen molar-refractivity contribution in [3.63, 3.8) is 0 Å². The van der Waals surface area contributed by atoms with Gasteiger partial charge in [0.05, 0.1) is 5.02 Å².